The topological polar surface area (TPSA) is 46.3 Å². The molecule has 0 saturated carbocycles. The van der Waals surface area contributed by atoms with Gasteiger partial charge in [0.05, 0.1) is 12.1 Å². The van der Waals surface area contributed by atoms with Gasteiger partial charge in [0, 0.05) is 6.54 Å². The Kier molecular flexibility index (Phi) is 4.25. The number of likely N-dealkylation sites (tertiary alicyclic amines) is 1. The summed E-state index contributed by atoms with van der Waals surface area (Å²) in [5, 5.41) is 0. The molecule has 3 nitrogen and oxygen atoms in total. The van der Waals surface area contributed by atoms with Crippen molar-refractivity contribution in [2.45, 2.75) is 51.6 Å². The summed E-state index contributed by atoms with van der Waals surface area (Å²) in [4.78, 5) is 14.0. The van der Waals surface area contributed by atoms with Crippen LogP contribution in [-0.2, 0) is 4.79 Å². The Morgan fingerprint density at radius 3 is 2.42 bits per heavy atom. The van der Waals surface area contributed by atoms with Crippen LogP contribution in [0.15, 0.2) is 24.3 Å². The number of nitrogens with two attached hydrogens (primary N) is 1. The van der Waals surface area contributed by atoms with Crippen LogP contribution in [0.5, 0.6) is 0 Å². The van der Waals surface area contributed by atoms with Gasteiger partial charge in [-0.2, -0.15) is 0 Å². The molecule has 2 rings (SSSR count). The predicted molar refractivity (Wildman–Crippen MR) is 77.9 cm³/mol. The van der Waals surface area contributed by atoms with Crippen LogP contribution in [-0.4, -0.2) is 23.4 Å². The fourth-order valence-electron chi connectivity index (χ4n) is 2.74. The second kappa shape index (κ2) is 5.74. The summed E-state index contributed by atoms with van der Waals surface area (Å²) in [5.74, 6) is 0.606. The first-order valence-corrected chi connectivity index (χ1v) is 7.16. The third-order valence-corrected chi connectivity index (χ3v) is 3.91. The van der Waals surface area contributed by atoms with Gasteiger partial charge >= 0.3 is 0 Å². The van der Waals surface area contributed by atoms with Gasteiger partial charge in [-0.05, 0) is 36.8 Å². The van der Waals surface area contributed by atoms with Gasteiger partial charge < -0.3 is 10.6 Å². The third-order valence-electron chi connectivity index (χ3n) is 3.91. The van der Waals surface area contributed by atoms with E-state index in [1.54, 1.807) is 6.92 Å². The Balaban J connectivity index is 2.18. The van der Waals surface area contributed by atoms with Crippen LogP contribution in [0.4, 0.5) is 0 Å². The molecule has 1 heterocycles. The van der Waals surface area contributed by atoms with Crippen molar-refractivity contribution in [2.24, 2.45) is 5.73 Å². The minimum Gasteiger partial charge on any atom is -0.334 e. The maximum absolute atomic E-state index is 12.1. The average molecular weight is 260 g/mol. The summed E-state index contributed by atoms with van der Waals surface area (Å²) in [6, 6.07) is 8.47. The summed E-state index contributed by atoms with van der Waals surface area (Å²) < 4.78 is 0. The van der Waals surface area contributed by atoms with Crippen molar-refractivity contribution in [1.29, 1.82) is 0 Å². The molecule has 0 radical (unpaired) electrons. The van der Waals surface area contributed by atoms with Crippen molar-refractivity contribution in [3.63, 3.8) is 0 Å². The van der Waals surface area contributed by atoms with Gasteiger partial charge in [0.15, 0.2) is 0 Å². The molecule has 0 spiro atoms. The van der Waals surface area contributed by atoms with Crippen LogP contribution >= 0.6 is 0 Å². The van der Waals surface area contributed by atoms with Crippen molar-refractivity contribution in [2.75, 3.05) is 6.54 Å². The highest BCUT2D eigenvalue weighted by Crippen LogP contribution is 2.32. The summed E-state index contributed by atoms with van der Waals surface area (Å²) in [6.07, 6.45) is 2.11. The van der Waals surface area contributed by atoms with E-state index < -0.39 is 6.04 Å². The zero-order valence-corrected chi connectivity index (χ0v) is 12.1. The van der Waals surface area contributed by atoms with E-state index in [2.05, 4.69) is 38.1 Å². The zero-order chi connectivity index (χ0) is 14.0. The van der Waals surface area contributed by atoms with Gasteiger partial charge in [-0.15, -0.1) is 0 Å². The quantitative estimate of drug-likeness (QED) is 0.908. The molecule has 1 aromatic rings. The van der Waals surface area contributed by atoms with Crippen LogP contribution < -0.4 is 5.73 Å². The van der Waals surface area contributed by atoms with Crippen molar-refractivity contribution >= 4 is 5.91 Å². The molecule has 1 aliphatic rings. The largest absolute Gasteiger partial charge is 0.334 e. The van der Waals surface area contributed by atoms with Crippen molar-refractivity contribution in [1.82, 2.24) is 4.90 Å². The molecule has 19 heavy (non-hydrogen) atoms. The highest BCUT2D eigenvalue weighted by molar-refractivity contribution is 5.81. The molecule has 0 aliphatic carbocycles. The molecule has 1 aromatic carbocycles. The average Bonchev–Trinajstić information content (AvgIpc) is 2.86. The van der Waals surface area contributed by atoms with E-state index in [0.717, 1.165) is 19.4 Å². The number of hydrogen-bond acceptors (Lipinski definition) is 2. The molecule has 2 atom stereocenters. The highest BCUT2D eigenvalue weighted by atomic mass is 16.2. The predicted octanol–water partition coefficient (Wildman–Crippen LogP) is 2.82. The minimum atomic E-state index is -0.407. The lowest BCUT2D eigenvalue weighted by atomic mass is 9.98. The summed E-state index contributed by atoms with van der Waals surface area (Å²) in [7, 11) is 0. The molecular formula is C16H24N2O. The maximum Gasteiger partial charge on any atom is 0.239 e. The van der Waals surface area contributed by atoms with Gasteiger partial charge in [0.25, 0.3) is 0 Å². The number of rotatable bonds is 3. The SMILES string of the molecule is CC(C)c1ccc([C@H]2CCCN2C(=O)[C@@H](C)N)cc1. The minimum absolute atomic E-state index is 0.0652. The van der Waals surface area contributed by atoms with Crippen molar-refractivity contribution < 1.29 is 4.79 Å². The first-order valence-electron chi connectivity index (χ1n) is 7.16. The molecule has 3 heteroatoms. The first kappa shape index (κ1) is 14.1. The van der Waals surface area contributed by atoms with Gasteiger partial charge in [-0.3, -0.25) is 4.79 Å². The fourth-order valence-corrected chi connectivity index (χ4v) is 2.74. The van der Waals surface area contributed by atoms with Gasteiger partial charge in [0.2, 0.25) is 5.91 Å². The number of nitrogens with zero attached hydrogens (tertiary/aromatic N) is 1. The second-order valence-electron chi connectivity index (χ2n) is 5.80. The van der Waals surface area contributed by atoms with Crippen molar-refractivity contribution in [3.8, 4) is 0 Å². The van der Waals surface area contributed by atoms with Crippen LogP contribution in [0.2, 0.25) is 0 Å². The molecule has 104 valence electrons. The fraction of sp³-hybridized carbons (Fsp3) is 0.562. The summed E-state index contributed by atoms with van der Waals surface area (Å²) in [5.41, 5.74) is 8.30. The highest BCUT2D eigenvalue weighted by Gasteiger charge is 2.31. The molecule has 1 saturated heterocycles. The Morgan fingerprint density at radius 2 is 1.89 bits per heavy atom. The third kappa shape index (κ3) is 2.98. The van der Waals surface area contributed by atoms with Crippen molar-refractivity contribution in [3.05, 3.63) is 35.4 Å². The molecule has 1 fully saturated rings. The monoisotopic (exact) mass is 260 g/mol. The first-order chi connectivity index (χ1) is 9.00. The molecular weight excluding hydrogens is 236 g/mol. The molecule has 2 N–H and O–H groups in total. The smallest absolute Gasteiger partial charge is 0.239 e. The molecule has 1 aliphatic heterocycles. The Bertz CT molecular complexity index is 437. The second-order valence-corrected chi connectivity index (χ2v) is 5.80. The molecule has 0 bridgehead atoms. The van der Waals surface area contributed by atoms with Gasteiger partial charge in [0.1, 0.15) is 0 Å². The lowest BCUT2D eigenvalue weighted by molar-refractivity contribution is -0.133. The number of hydrogen-bond donors (Lipinski definition) is 1. The Hall–Kier alpha value is -1.35. The zero-order valence-electron chi connectivity index (χ0n) is 12.1. The Labute approximate surface area is 115 Å². The Morgan fingerprint density at radius 1 is 1.26 bits per heavy atom. The molecule has 0 aromatic heterocycles. The lowest BCUT2D eigenvalue weighted by Gasteiger charge is -2.27. The molecule has 1 amide bonds. The van der Waals surface area contributed by atoms with Gasteiger partial charge in [-0.1, -0.05) is 38.1 Å². The maximum atomic E-state index is 12.1. The number of amides is 1. The summed E-state index contributed by atoms with van der Waals surface area (Å²) >= 11 is 0. The van der Waals surface area contributed by atoms with E-state index in [0.29, 0.717) is 5.92 Å². The van der Waals surface area contributed by atoms with Crippen LogP contribution in [0.1, 0.15) is 56.7 Å². The van der Waals surface area contributed by atoms with E-state index >= 15 is 0 Å². The van der Waals surface area contributed by atoms with Crippen LogP contribution in [0.3, 0.4) is 0 Å². The molecule has 0 unspecified atom stereocenters. The standard InChI is InChI=1S/C16H24N2O/c1-11(2)13-6-8-14(9-7-13)15-5-4-10-18(15)16(19)12(3)17/h6-9,11-12,15H,4-5,10,17H2,1-3H3/t12-,15-/m1/s1. The van der Waals surface area contributed by atoms with E-state index in [-0.39, 0.29) is 11.9 Å². The number of benzene rings is 1. The van der Waals surface area contributed by atoms with E-state index in [1.807, 2.05) is 4.90 Å². The number of carbonyl (C=O) groups is 1. The normalized spacial score (nSPS) is 20.9. The lowest BCUT2D eigenvalue weighted by Crippen LogP contribution is -2.41. The van der Waals surface area contributed by atoms with Crippen LogP contribution in [0, 0.1) is 0 Å². The van der Waals surface area contributed by atoms with E-state index in [4.69, 9.17) is 5.73 Å². The number of carbonyl (C=O) groups excluding carboxylic acids is 1. The van der Waals surface area contributed by atoms with E-state index in [1.165, 1.54) is 11.1 Å². The van der Waals surface area contributed by atoms with E-state index in [9.17, 15) is 4.79 Å². The van der Waals surface area contributed by atoms with Gasteiger partial charge in [-0.25, -0.2) is 0 Å². The van der Waals surface area contributed by atoms with Crippen LogP contribution in [0.25, 0.3) is 0 Å². The summed E-state index contributed by atoms with van der Waals surface area (Å²) in [6.45, 7) is 6.98.